The molecule has 11 nitrogen and oxygen atoms in total. The smallest absolute Gasteiger partial charge is 0.399 e. The molecule has 300 valence electrons. The number of aldehydes is 1. The summed E-state index contributed by atoms with van der Waals surface area (Å²) in [6.45, 7) is 2.52. The van der Waals surface area contributed by atoms with Crippen LogP contribution in [0.3, 0.4) is 0 Å². The van der Waals surface area contributed by atoms with E-state index in [-0.39, 0.29) is 40.9 Å². The number of carbonyl (C=O) groups is 2. The monoisotopic (exact) mass is 863 g/mol. The summed E-state index contributed by atoms with van der Waals surface area (Å²) in [5.41, 5.74) is 2.05. The van der Waals surface area contributed by atoms with Crippen molar-refractivity contribution in [1.29, 1.82) is 0 Å². The van der Waals surface area contributed by atoms with Gasteiger partial charge >= 0.3 is 24.3 Å². The number of halogens is 10. The molecule has 2 heterocycles. The van der Waals surface area contributed by atoms with Crippen molar-refractivity contribution in [3.8, 4) is 11.3 Å². The lowest BCUT2D eigenvalue weighted by Crippen LogP contribution is -2.56. The van der Waals surface area contributed by atoms with Crippen LogP contribution in [0, 0.1) is 0 Å². The fourth-order valence-electron chi connectivity index (χ4n) is 4.93. The Morgan fingerprint density at radius 3 is 2.07 bits per heavy atom. The number of aliphatic imine (C=N–C) groups is 1. The molecular formula is C35H31BrF9N7O4. The first-order valence-corrected chi connectivity index (χ1v) is 17.2. The van der Waals surface area contributed by atoms with Gasteiger partial charge in [0.1, 0.15) is 12.8 Å². The van der Waals surface area contributed by atoms with E-state index in [1.807, 2.05) is 24.3 Å². The number of nitrogens with two attached hydrogens (primary N) is 1. The second-order valence-electron chi connectivity index (χ2n) is 12.3. The molecule has 0 bridgehead atoms. The van der Waals surface area contributed by atoms with Crippen LogP contribution in [0.5, 0.6) is 0 Å². The van der Waals surface area contributed by atoms with Crippen LogP contribution in [0.15, 0.2) is 82.7 Å². The summed E-state index contributed by atoms with van der Waals surface area (Å²) < 4.78 is 120. The van der Waals surface area contributed by atoms with Crippen LogP contribution in [0.2, 0.25) is 0 Å². The summed E-state index contributed by atoms with van der Waals surface area (Å²) in [4.78, 5) is 46.9. The lowest BCUT2D eigenvalue weighted by molar-refractivity contribution is -0.379. The Bertz CT molecular complexity index is 2100. The number of benzene rings is 3. The zero-order chi connectivity index (χ0) is 41.6. The number of nitrogen functional groups attached to an aromatic ring is 1. The molecule has 0 aliphatic carbocycles. The number of rotatable bonds is 10. The lowest BCUT2D eigenvalue weighted by Gasteiger charge is -2.28. The number of nitrogens with zero attached hydrogens (tertiary/aromatic N) is 3. The average molecular weight is 865 g/mol. The molecule has 0 fully saturated rings. The summed E-state index contributed by atoms with van der Waals surface area (Å²) in [6.07, 6.45) is -14.6. The van der Waals surface area contributed by atoms with Gasteiger partial charge in [-0.25, -0.2) is 20.3 Å². The van der Waals surface area contributed by atoms with E-state index >= 15 is 0 Å². The van der Waals surface area contributed by atoms with E-state index in [1.54, 1.807) is 19.3 Å². The molecule has 1 aliphatic heterocycles. The maximum Gasteiger partial charge on any atom is 0.450 e. The number of carbonyl (C=O) groups excluding carboxylic acids is 2. The SMILES string of the molecule is CC(C)Nc1ncc(-c2cc(N)cc(C(F)(F)F)c2)n(CC(=O)NCc2ccc(C3=NC(C(F)(F)F)(C(F)(F)F)ON3)cc2)c1=O.O=Cc1ccc(CBr)cc1. The highest BCUT2D eigenvalue weighted by Gasteiger charge is 2.76. The van der Waals surface area contributed by atoms with Crippen LogP contribution < -0.4 is 27.4 Å². The van der Waals surface area contributed by atoms with E-state index in [9.17, 15) is 53.9 Å². The molecule has 0 spiro atoms. The topological polar surface area (TPSA) is 153 Å². The fourth-order valence-corrected chi connectivity index (χ4v) is 5.30. The van der Waals surface area contributed by atoms with Crippen LogP contribution in [-0.2, 0) is 34.2 Å². The number of amides is 1. The van der Waals surface area contributed by atoms with Crippen LogP contribution in [0.1, 0.15) is 46.5 Å². The predicted octanol–water partition coefficient (Wildman–Crippen LogP) is 7.14. The molecule has 0 unspecified atom stereocenters. The number of anilines is 2. The van der Waals surface area contributed by atoms with E-state index in [0.29, 0.717) is 11.6 Å². The number of hydrogen-bond donors (Lipinski definition) is 4. The van der Waals surface area contributed by atoms with Gasteiger partial charge in [0.05, 0.1) is 17.5 Å². The molecule has 4 aromatic rings. The van der Waals surface area contributed by atoms with Gasteiger partial charge in [-0.3, -0.25) is 19.0 Å². The normalized spacial score (nSPS) is 14.0. The Morgan fingerprint density at radius 2 is 1.55 bits per heavy atom. The van der Waals surface area contributed by atoms with Crippen LogP contribution in [0.4, 0.5) is 51.0 Å². The molecule has 3 aromatic carbocycles. The highest BCUT2D eigenvalue weighted by molar-refractivity contribution is 9.08. The summed E-state index contributed by atoms with van der Waals surface area (Å²) >= 11 is 3.32. The molecular weight excluding hydrogens is 833 g/mol. The highest BCUT2D eigenvalue weighted by atomic mass is 79.9. The zero-order valence-electron chi connectivity index (χ0n) is 29.0. The van der Waals surface area contributed by atoms with Gasteiger partial charge in [0.25, 0.3) is 5.56 Å². The van der Waals surface area contributed by atoms with Crippen molar-refractivity contribution in [1.82, 2.24) is 20.3 Å². The molecule has 0 saturated carbocycles. The summed E-state index contributed by atoms with van der Waals surface area (Å²) in [5.74, 6) is -1.78. The van der Waals surface area contributed by atoms with Gasteiger partial charge in [-0.2, -0.15) is 39.5 Å². The molecule has 0 atom stereocenters. The minimum atomic E-state index is -5.92. The van der Waals surface area contributed by atoms with Gasteiger partial charge in [0.2, 0.25) is 5.91 Å². The molecule has 21 heteroatoms. The average Bonchev–Trinajstić information content (AvgIpc) is 3.61. The van der Waals surface area contributed by atoms with Gasteiger partial charge in [-0.05, 0) is 43.2 Å². The van der Waals surface area contributed by atoms with Gasteiger partial charge in [0, 0.05) is 40.3 Å². The number of hydrogen-bond acceptors (Lipinski definition) is 9. The van der Waals surface area contributed by atoms with Crippen molar-refractivity contribution in [3.63, 3.8) is 0 Å². The molecule has 1 aromatic heterocycles. The first kappa shape index (κ1) is 43.3. The summed E-state index contributed by atoms with van der Waals surface area (Å²) in [6, 6.07) is 14.7. The number of hydroxylamine groups is 1. The lowest BCUT2D eigenvalue weighted by atomic mass is 10.1. The van der Waals surface area contributed by atoms with Crippen molar-refractivity contribution >= 4 is 45.5 Å². The number of amidine groups is 1. The van der Waals surface area contributed by atoms with Crippen molar-refractivity contribution in [3.05, 3.63) is 111 Å². The van der Waals surface area contributed by atoms with E-state index in [0.717, 1.165) is 46.1 Å². The van der Waals surface area contributed by atoms with E-state index in [2.05, 4.69) is 41.4 Å². The van der Waals surface area contributed by atoms with Crippen molar-refractivity contribution < 1.29 is 53.9 Å². The molecule has 0 saturated heterocycles. The van der Waals surface area contributed by atoms with E-state index in [4.69, 9.17) is 5.73 Å². The number of nitrogens with one attached hydrogen (secondary N) is 3. The van der Waals surface area contributed by atoms with Crippen LogP contribution >= 0.6 is 15.9 Å². The first-order chi connectivity index (χ1) is 26.1. The van der Waals surface area contributed by atoms with Gasteiger partial charge in [-0.15, -0.1) is 0 Å². The summed E-state index contributed by atoms with van der Waals surface area (Å²) in [7, 11) is 0. The fraction of sp³-hybridized carbons (Fsp3) is 0.286. The molecule has 0 radical (unpaired) electrons. The second kappa shape index (κ2) is 17.1. The minimum absolute atomic E-state index is 0.135. The predicted molar refractivity (Wildman–Crippen MR) is 190 cm³/mol. The third kappa shape index (κ3) is 10.2. The van der Waals surface area contributed by atoms with Crippen molar-refractivity contribution in [2.45, 2.75) is 62.6 Å². The van der Waals surface area contributed by atoms with Gasteiger partial charge in [-0.1, -0.05) is 64.5 Å². The maximum absolute atomic E-state index is 13.4. The Kier molecular flexibility index (Phi) is 13.3. The Morgan fingerprint density at radius 1 is 0.946 bits per heavy atom. The van der Waals surface area contributed by atoms with Crippen molar-refractivity contribution in [2.24, 2.45) is 4.99 Å². The van der Waals surface area contributed by atoms with Crippen LogP contribution in [-0.4, -0.2) is 51.7 Å². The van der Waals surface area contributed by atoms with E-state index in [1.165, 1.54) is 23.8 Å². The number of aromatic nitrogens is 2. The Labute approximate surface area is 320 Å². The maximum atomic E-state index is 13.4. The van der Waals surface area contributed by atoms with Gasteiger partial charge in [0.15, 0.2) is 11.7 Å². The highest BCUT2D eigenvalue weighted by Crippen LogP contribution is 2.48. The zero-order valence-corrected chi connectivity index (χ0v) is 30.6. The van der Waals surface area contributed by atoms with Crippen LogP contribution in [0.25, 0.3) is 11.3 Å². The molecule has 1 aliphatic rings. The third-order valence-electron chi connectivity index (χ3n) is 7.68. The third-order valence-corrected chi connectivity index (χ3v) is 8.33. The van der Waals surface area contributed by atoms with Crippen molar-refractivity contribution in [2.75, 3.05) is 11.1 Å². The van der Waals surface area contributed by atoms with E-state index < -0.39 is 53.7 Å². The second-order valence-corrected chi connectivity index (χ2v) is 12.9. The summed E-state index contributed by atoms with van der Waals surface area (Å²) in [5, 5.41) is 6.12. The largest absolute Gasteiger partial charge is 0.450 e. The standard InChI is InChI=1S/C27H24F9N7O3.C8H7BrO/c1-13(2)40-22-23(45)43(19(11-39-22)16-7-17(24(28,29)30)9-18(37)8-16)12-20(44)38-10-14-3-5-15(6-4-14)21-41-25(46-42-21,26(31,32)33)27(34,35)36;9-5-7-1-3-8(6-10)4-2-7/h3-9,11,13H,10,12,37H2,1-2H3,(H,38,44)(H,39,40)(H,41,42);1-4,6H,5H2. The molecule has 5 rings (SSSR count). The quantitative estimate of drug-likeness (QED) is 0.0569. The van der Waals surface area contributed by atoms with Gasteiger partial charge < -0.3 is 16.4 Å². The molecule has 5 N–H and O–H groups in total. The molecule has 56 heavy (non-hydrogen) atoms. The Hall–Kier alpha value is -5.44. The first-order valence-electron chi connectivity index (χ1n) is 16.1. The Balaban J connectivity index is 0.000000604. The minimum Gasteiger partial charge on any atom is -0.399 e. The number of alkyl halides is 10. The molecule has 1 amide bonds.